The Balaban J connectivity index is 1.17. The fourth-order valence-corrected chi connectivity index (χ4v) is 5.76. The number of nitrogens with zero attached hydrogens (tertiary/aromatic N) is 3. The minimum Gasteiger partial charge on any atom is -0.366 e. The van der Waals surface area contributed by atoms with Gasteiger partial charge in [0.2, 0.25) is 5.91 Å². The number of rotatable bonds is 2. The number of likely N-dealkylation sites (tertiary alicyclic amines) is 3. The normalized spacial score (nSPS) is 30.1. The average Bonchev–Trinajstić information content (AvgIpc) is 3.39. The summed E-state index contributed by atoms with van der Waals surface area (Å²) >= 11 is 0. The van der Waals surface area contributed by atoms with Gasteiger partial charge in [-0.1, -0.05) is 6.07 Å². The Morgan fingerprint density at radius 2 is 1.94 bits per heavy atom. The largest absolute Gasteiger partial charge is 0.416 e. The third-order valence-electron chi connectivity index (χ3n) is 7.60. The lowest BCUT2D eigenvalue weighted by atomic mass is 9.86. The number of ether oxygens (including phenoxy) is 1. The van der Waals surface area contributed by atoms with Crippen LogP contribution in [0.15, 0.2) is 18.2 Å². The van der Waals surface area contributed by atoms with Gasteiger partial charge in [0.15, 0.2) is 0 Å². The van der Waals surface area contributed by atoms with Gasteiger partial charge in [0, 0.05) is 50.2 Å². The summed E-state index contributed by atoms with van der Waals surface area (Å²) in [6.45, 7) is 3.94. The molecule has 1 N–H and O–H groups in total. The number of carbonyl (C=O) groups excluding carboxylic acids is 2. The number of fused-ring (bicyclic) bond motifs is 1. The Morgan fingerprint density at radius 3 is 2.71 bits per heavy atom. The summed E-state index contributed by atoms with van der Waals surface area (Å²) in [5.74, 6) is -1.01. The van der Waals surface area contributed by atoms with Crippen LogP contribution < -0.4 is 5.32 Å². The second-order valence-corrected chi connectivity index (χ2v) is 9.98. The summed E-state index contributed by atoms with van der Waals surface area (Å²) in [5.41, 5.74) is -0.825. The number of morpholine rings is 1. The van der Waals surface area contributed by atoms with Crippen molar-refractivity contribution >= 4 is 11.9 Å². The van der Waals surface area contributed by atoms with Crippen molar-refractivity contribution in [3.05, 3.63) is 35.1 Å². The van der Waals surface area contributed by atoms with E-state index in [1.54, 1.807) is 4.90 Å². The van der Waals surface area contributed by atoms with Gasteiger partial charge in [-0.25, -0.2) is 9.18 Å². The minimum absolute atomic E-state index is 0.0395. The number of carbonyl (C=O) groups is 2. The predicted octanol–water partition coefficient (Wildman–Crippen LogP) is 2.45. The lowest BCUT2D eigenvalue weighted by Gasteiger charge is -2.42. The molecule has 1 aromatic rings. The van der Waals surface area contributed by atoms with Gasteiger partial charge in [0.05, 0.1) is 17.7 Å². The summed E-state index contributed by atoms with van der Waals surface area (Å²) in [7, 11) is 0. The summed E-state index contributed by atoms with van der Waals surface area (Å²) in [6.07, 6.45) is -2.25. The number of urea groups is 1. The smallest absolute Gasteiger partial charge is 0.366 e. The highest BCUT2D eigenvalue weighted by atomic mass is 19.4. The van der Waals surface area contributed by atoms with Crippen molar-refractivity contribution in [2.24, 2.45) is 5.41 Å². The van der Waals surface area contributed by atoms with Crippen LogP contribution in [0.1, 0.15) is 30.4 Å². The minimum atomic E-state index is -4.57. The van der Waals surface area contributed by atoms with E-state index in [2.05, 4.69) is 10.2 Å². The standard InChI is InChI=1S/C23H28F4N4O3/c24-17-9-16(23(25,26)27)2-1-15(17)10-29-7-4-22(13-29)5-8-31(14-22)21(33)30-6-3-19-18(11-30)28-20(32)12-34-19/h1-2,9,18-19H,3-8,10-14H2,(H,28,32)/t18-,19+,22?/m1/s1. The Hall–Kier alpha value is -2.40. The SMILES string of the molecule is O=C1CO[C@H]2CCN(C(=O)N3CCC4(CCN(Cc5ccc(C(F)(F)F)cc5F)C4)C3)C[C@H]2N1. The van der Waals surface area contributed by atoms with Crippen LogP contribution in [0, 0.1) is 11.2 Å². The van der Waals surface area contributed by atoms with Crippen LogP contribution in [0.4, 0.5) is 22.4 Å². The van der Waals surface area contributed by atoms with E-state index in [1.165, 1.54) is 6.07 Å². The second-order valence-electron chi connectivity index (χ2n) is 9.98. The molecule has 0 bridgehead atoms. The average molecular weight is 484 g/mol. The molecule has 186 valence electrons. The molecule has 0 saturated carbocycles. The van der Waals surface area contributed by atoms with Crippen LogP contribution in [0.3, 0.4) is 0 Å². The second kappa shape index (κ2) is 8.67. The molecule has 3 amide bonds. The number of amides is 3. The van der Waals surface area contributed by atoms with E-state index in [0.29, 0.717) is 51.8 Å². The van der Waals surface area contributed by atoms with Crippen molar-refractivity contribution in [2.75, 3.05) is 45.9 Å². The quantitative estimate of drug-likeness (QED) is 0.656. The Bertz CT molecular complexity index is 974. The van der Waals surface area contributed by atoms with Crippen LogP contribution >= 0.6 is 0 Å². The number of nitrogens with one attached hydrogen (secondary N) is 1. The zero-order chi connectivity index (χ0) is 24.1. The fourth-order valence-electron chi connectivity index (χ4n) is 5.76. The van der Waals surface area contributed by atoms with Crippen molar-refractivity contribution in [1.29, 1.82) is 0 Å². The lowest BCUT2D eigenvalue weighted by Crippen LogP contribution is -2.62. The van der Waals surface area contributed by atoms with Crippen LogP contribution in [0.25, 0.3) is 0 Å². The Labute approximate surface area is 195 Å². The topological polar surface area (TPSA) is 65.1 Å². The highest BCUT2D eigenvalue weighted by Gasteiger charge is 2.46. The summed E-state index contributed by atoms with van der Waals surface area (Å²) in [6, 6.07) is 2.47. The molecule has 4 saturated heterocycles. The Morgan fingerprint density at radius 1 is 1.15 bits per heavy atom. The first kappa shape index (κ1) is 23.3. The maximum absolute atomic E-state index is 14.3. The van der Waals surface area contributed by atoms with Crippen LogP contribution in [-0.4, -0.2) is 84.7 Å². The van der Waals surface area contributed by atoms with Gasteiger partial charge in [-0.3, -0.25) is 9.69 Å². The van der Waals surface area contributed by atoms with Crippen molar-refractivity contribution in [3.8, 4) is 0 Å². The molecule has 0 radical (unpaired) electrons. The number of piperidine rings is 1. The maximum Gasteiger partial charge on any atom is 0.416 e. The molecule has 3 atom stereocenters. The number of hydrogen-bond donors (Lipinski definition) is 1. The van der Waals surface area contributed by atoms with Gasteiger partial charge in [-0.15, -0.1) is 0 Å². The lowest BCUT2D eigenvalue weighted by molar-refractivity contribution is -0.140. The summed E-state index contributed by atoms with van der Waals surface area (Å²) in [4.78, 5) is 30.5. The molecule has 34 heavy (non-hydrogen) atoms. The maximum atomic E-state index is 14.3. The van der Waals surface area contributed by atoms with Gasteiger partial charge in [-0.2, -0.15) is 13.2 Å². The monoisotopic (exact) mass is 484 g/mol. The molecule has 5 rings (SSSR count). The highest BCUT2D eigenvalue weighted by molar-refractivity contribution is 5.79. The molecule has 1 unspecified atom stereocenters. The van der Waals surface area contributed by atoms with E-state index >= 15 is 0 Å². The number of benzene rings is 1. The van der Waals surface area contributed by atoms with Crippen molar-refractivity contribution < 1.29 is 31.9 Å². The van der Waals surface area contributed by atoms with E-state index < -0.39 is 17.6 Å². The molecule has 0 aromatic heterocycles. The zero-order valence-corrected chi connectivity index (χ0v) is 18.7. The summed E-state index contributed by atoms with van der Waals surface area (Å²) in [5, 5.41) is 2.91. The van der Waals surface area contributed by atoms with Crippen molar-refractivity contribution in [1.82, 2.24) is 20.0 Å². The van der Waals surface area contributed by atoms with E-state index in [1.807, 2.05) is 4.90 Å². The Kier molecular flexibility index (Phi) is 5.96. The first-order valence-electron chi connectivity index (χ1n) is 11.6. The van der Waals surface area contributed by atoms with Gasteiger partial charge >= 0.3 is 12.2 Å². The van der Waals surface area contributed by atoms with E-state index in [9.17, 15) is 27.2 Å². The van der Waals surface area contributed by atoms with Crippen molar-refractivity contribution in [3.63, 3.8) is 0 Å². The molecule has 4 aliphatic heterocycles. The zero-order valence-electron chi connectivity index (χ0n) is 18.7. The van der Waals surface area contributed by atoms with Gasteiger partial charge < -0.3 is 19.9 Å². The molecule has 1 spiro atoms. The molecule has 4 aliphatic rings. The first-order chi connectivity index (χ1) is 16.1. The van der Waals surface area contributed by atoms with Gasteiger partial charge in [0.1, 0.15) is 12.4 Å². The fraction of sp³-hybridized carbons (Fsp3) is 0.652. The molecule has 0 aliphatic carbocycles. The summed E-state index contributed by atoms with van der Waals surface area (Å²) < 4.78 is 58.3. The number of hydrogen-bond acceptors (Lipinski definition) is 4. The molecule has 11 heteroatoms. The molecular weight excluding hydrogens is 456 g/mol. The van der Waals surface area contributed by atoms with Gasteiger partial charge in [-0.05, 0) is 37.9 Å². The van der Waals surface area contributed by atoms with Crippen molar-refractivity contribution in [2.45, 2.75) is 44.1 Å². The highest BCUT2D eigenvalue weighted by Crippen LogP contribution is 2.41. The van der Waals surface area contributed by atoms with Crippen LogP contribution in [0.5, 0.6) is 0 Å². The van der Waals surface area contributed by atoms with E-state index in [-0.39, 0.29) is 48.2 Å². The van der Waals surface area contributed by atoms with Crippen LogP contribution in [-0.2, 0) is 22.3 Å². The molecular formula is C23H28F4N4O3. The first-order valence-corrected chi connectivity index (χ1v) is 11.6. The van der Waals surface area contributed by atoms with Gasteiger partial charge in [0.25, 0.3) is 0 Å². The predicted molar refractivity (Wildman–Crippen MR) is 113 cm³/mol. The molecule has 7 nitrogen and oxygen atoms in total. The van der Waals surface area contributed by atoms with E-state index in [4.69, 9.17) is 4.74 Å². The number of halogens is 4. The molecule has 4 heterocycles. The van der Waals surface area contributed by atoms with E-state index in [0.717, 1.165) is 18.9 Å². The third kappa shape index (κ3) is 4.59. The molecule has 1 aromatic carbocycles. The molecule has 4 fully saturated rings. The van der Waals surface area contributed by atoms with Crippen LogP contribution in [0.2, 0.25) is 0 Å². The third-order valence-corrected chi connectivity index (χ3v) is 7.60. The number of alkyl halides is 3.